The van der Waals surface area contributed by atoms with E-state index in [4.69, 9.17) is 11.6 Å². The van der Waals surface area contributed by atoms with Gasteiger partial charge < -0.3 is 0 Å². The Kier molecular flexibility index (Phi) is 3.26. The van der Waals surface area contributed by atoms with E-state index in [1.165, 1.54) is 38.1 Å². The van der Waals surface area contributed by atoms with Crippen LogP contribution in [0.2, 0.25) is 5.02 Å². The summed E-state index contributed by atoms with van der Waals surface area (Å²) in [4.78, 5) is 0. The van der Waals surface area contributed by atoms with E-state index >= 15 is 0 Å². The molecule has 0 amide bonds. The maximum atomic E-state index is 6.39. The Balaban J connectivity index is 1.85. The number of benzene rings is 5. The van der Waals surface area contributed by atoms with Crippen molar-refractivity contribution in [3.63, 3.8) is 0 Å². The zero-order valence-electron chi connectivity index (χ0n) is 13.5. The van der Waals surface area contributed by atoms with Gasteiger partial charge in [0.25, 0.3) is 0 Å². The normalized spacial score (nSPS) is 11.4. The molecule has 5 aromatic rings. The Labute approximate surface area is 151 Å². The summed E-state index contributed by atoms with van der Waals surface area (Å²) in [5.74, 6) is 0. The minimum absolute atomic E-state index is 0.797. The molecule has 5 aromatic carbocycles. The van der Waals surface area contributed by atoms with E-state index in [9.17, 15) is 0 Å². The second-order valence-electron chi connectivity index (χ2n) is 6.36. The first-order valence-corrected chi connectivity index (χ1v) is 8.78. The lowest BCUT2D eigenvalue weighted by molar-refractivity contribution is 1.68. The standard InChI is InChI=1S/C24H15Cl/c25-24-14-13-20(21-7-3-4-8-22(21)24)18-12-11-17-10-9-16-5-1-2-6-19(16)23(17)15-18/h1-15H. The summed E-state index contributed by atoms with van der Waals surface area (Å²) < 4.78 is 0. The molecule has 0 fully saturated rings. The fourth-order valence-electron chi connectivity index (χ4n) is 3.68. The highest BCUT2D eigenvalue weighted by Gasteiger charge is 2.08. The molecule has 118 valence electrons. The lowest BCUT2D eigenvalue weighted by atomic mass is 9.94. The Bertz CT molecular complexity index is 1250. The third-order valence-electron chi connectivity index (χ3n) is 4.93. The van der Waals surface area contributed by atoms with Gasteiger partial charge in [0.1, 0.15) is 0 Å². The summed E-state index contributed by atoms with van der Waals surface area (Å²) >= 11 is 6.39. The van der Waals surface area contributed by atoms with Crippen molar-refractivity contribution in [3.8, 4) is 11.1 Å². The van der Waals surface area contributed by atoms with Gasteiger partial charge in [-0.1, -0.05) is 90.5 Å². The van der Waals surface area contributed by atoms with Gasteiger partial charge in [0, 0.05) is 10.4 Å². The van der Waals surface area contributed by atoms with Crippen LogP contribution in [0.1, 0.15) is 0 Å². The van der Waals surface area contributed by atoms with Crippen molar-refractivity contribution in [1.82, 2.24) is 0 Å². The molecule has 0 heterocycles. The van der Waals surface area contributed by atoms with Gasteiger partial charge in [0.15, 0.2) is 0 Å². The maximum absolute atomic E-state index is 6.39. The monoisotopic (exact) mass is 338 g/mol. The summed E-state index contributed by atoms with van der Waals surface area (Å²) in [6.45, 7) is 0. The third-order valence-corrected chi connectivity index (χ3v) is 5.26. The van der Waals surface area contributed by atoms with Crippen molar-refractivity contribution < 1.29 is 0 Å². The van der Waals surface area contributed by atoms with Crippen molar-refractivity contribution in [2.75, 3.05) is 0 Å². The van der Waals surface area contributed by atoms with Gasteiger partial charge in [-0.2, -0.15) is 0 Å². The molecule has 0 saturated carbocycles. The zero-order valence-corrected chi connectivity index (χ0v) is 14.3. The molecule has 0 atom stereocenters. The molecule has 25 heavy (non-hydrogen) atoms. The summed E-state index contributed by atoms with van der Waals surface area (Å²) in [5.41, 5.74) is 2.44. The SMILES string of the molecule is Clc1ccc(-c2ccc3ccc4ccccc4c3c2)c2ccccc12. The Morgan fingerprint density at radius 3 is 1.96 bits per heavy atom. The Morgan fingerprint density at radius 2 is 1.12 bits per heavy atom. The van der Waals surface area contributed by atoms with E-state index in [2.05, 4.69) is 78.9 Å². The highest BCUT2D eigenvalue weighted by atomic mass is 35.5. The molecule has 0 spiro atoms. The minimum atomic E-state index is 0.797. The molecular formula is C24H15Cl. The lowest BCUT2D eigenvalue weighted by Gasteiger charge is -2.11. The fourth-order valence-corrected chi connectivity index (χ4v) is 3.91. The third kappa shape index (κ3) is 2.30. The highest BCUT2D eigenvalue weighted by Crippen LogP contribution is 2.35. The Hall–Kier alpha value is -2.83. The van der Waals surface area contributed by atoms with Gasteiger partial charge in [-0.15, -0.1) is 0 Å². The molecule has 0 unspecified atom stereocenters. The van der Waals surface area contributed by atoms with Crippen LogP contribution in [-0.4, -0.2) is 0 Å². The fraction of sp³-hybridized carbons (Fsp3) is 0. The van der Waals surface area contributed by atoms with Gasteiger partial charge in [-0.05, 0) is 50.2 Å². The molecule has 0 aliphatic carbocycles. The minimum Gasteiger partial charge on any atom is -0.0837 e. The van der Waals surface area contributed by atoms with Crippen LogP contribution >= 0.6 is 11.6 Å². The summed E-state index contributed by atoms with van der Waals surface area (Å²) in [5, 5.41) is 8.20. The number of rotatable bonds is 1. The van der Waals surface area contributed by atoms with E-state index in [1.807, 2.05) is 12.1 Å². The van der Waals surface area contributed by atoms with Crippen molar-refractivity contribution in [1.29, 1.82) is 0 Å². The van der Waals surface area contributed by atoms with Crippen molar-refractivity contribution in [2.24, 2.45) is 0 Å². The molecule has 1 heteroatoms. The van der Waals surface area contributed by atoms with Crippen LogP contribution in [-0.2, 0) is 0 Å². The molecule has 0 nitrogen and oxygen atoms in total. The van der Waals surface area contributed by atoms with Gasteiger partial charge in [-0.25, -0.2) is 0 Å². The first-order chi connectivity index (χ1) is 12.3. The van der Waals surface area contributed by atoms with Crippen LogP contribution in [0.3, 0.4) is 0 Å². The number of hydrogen-bond acceptors (Lipinski definition) is 0. The highest BCUT2D eigenvalue weighted by molar-refractivity contribution is 6.36. The average molecular weight is 339 g/mol. The molecule has 0 aliphatic heterocycles. The molecule has 0 aromatic heterocycles. The Morgan fingerprint density at radius 1 is 0.480 bits per heavy atom. The maximum Gasteiger partial charge on any atom is 0.0484 e. The van der Waals surface area contributed by atoms with Crippen LogP contribution in [0, 0.1) is 0 Å². The quantitative estimate of drug-likeness (QED) is 0.278. The van der Waals surface area contributed by atoms with E-state index in [0.717, 1.165) is 10.4 Å². The van der Waals surface area contributed by atoms with Crippen LogP contribution in [0.25, 0.3) is 43.4 Å². The number of fused-ring (bicyclic) bond motifs is 4. The van der Waals surface area contributed by atoms with Gasteiger partial charge in [0.2, 0.25) is 0 Å². The average Bonchev–Trinajstić information content (AvgIpc) is 2.68. The van der Waals surface area contributed by atoms with Gasteiger partial charge in [0.05, 0.1) is 0 Å². The molecule has 0 saturated heterocycles. The first-order valence-electron chi connectivity index (χ1n) is 8.40. The predicted octanol–water partition coefficient (Wildman–Crippen LogP) is 7.47. The smallest absolute Gasteiger partial charge is 0.0484 e. The summed E-state index contributed by atoms with van der Waals surface area (Å²) in [6, 6.07) is 32.1. The zero-order chi connectivity index (χ0) is 16.8. The van der Waals surface area contributed by atoms with E-state index < -0.39 is 0 Å². The van der Waals surface area contributed by atoms with E-state index in [0.29, 0.717) is 0 Å². The number of halogens is 1. The van der Waals surface area contributed by atoms with Gasteiger partial charge >= 0.3 is 0 Å². The molecule has 0 bridgehead atoms. The largest absolute Gasteiger partial charge is 0.0837 e. The van der Waals surface area contributed by atoms with E-state index in [1.54, 1.807) is 0 Å². The van der Waals surface area contributed by atoms with Crippen LogP contribution in [0.5, 0.6) is 0 Å². The first kappa shape index (κ1) is 14.5. The van der Waals surface area contributed by atoms with Crippen LogP contribution < -0.4 is 0 Å². The van der Waals surface area contributed by atoms with E-state index in [-0.39, 0.29) is 0 Å². The lowest BCUT2D eigenvalue weighted by Crippen LogP contribution is -1.84. The molecule has 5 rings (SSSR count). The van der Waals surface area contributed by atoms with Gasteiger partial charge in [-0.3, -0.25) is 0 Å². The second-order valence-corrected chi connectivity index (χ2v) is 6.77. The van der Waals surface area contributed by atoms with Crippen LogP contribution in [0.4, 0.5) is 0 Å². The molecule has 0 aliphatic rings. The van der Waals surface area contributed by atoms with Crippen molar-refractivity contribution >= 4 is 43.9 Å². The molecule has 0 radical (unpaired) electrons. The summed E-state index contributed by atoms with van der Waals surface area (Å²) in [6.07, 6.45) is 0. The van der Waals surface area contributed by atoms with Crippen molar-refractivity contribution in [2.45, 2.75) is 0 Å². The summed E-state index contributed by atoms with van der Waals surface area (Å²) in [7, 11) is 0. The molecule has 0 N–H and O–H groups in total. The second kappa shape index (κ2) is 5.61. The van der Waals surface area contributed by atoms with Crippen molar-refractivity contribution in [3.05, 3.63) is 96.0 Å². The molecular weight excluding hydrogens is 324 g/mol. The van der Waals surface area contributed by atoms with Crippen LogP contribution in [0.15, 0.2) is 91.0 Å². The predicted molar refractivity (Wildman–Crippen MR) is 109 cm³/mol. The topological polar surface area (TPSA) is 0 Å². The number of hydrogen-bond donors (Lipinski definition) is 0.